The summed E-state index contributed by atoms with van der Waals surface area (Å²) in [6, 6.07) is 5.05. The number of carbonyl (C=O) groups excluding carboxylic acids is 2. The van der Waals surface area contributed by atoms with Crippen molar-refractivity contribution >= 4 is 22.9 Å². The van der Waals surface area contributed by atoms with Gasteiger partial charge >= 0.3 is 6.09 Å². The van der Waals surface area contributed by atoms with Crippen LogP contribution in [-0.4, -0.2) is 53.0 Å². The molecular formula is C29H44FN3O3. The van der Waals surface area contributed by atoms with E-state index in [4.69, 9.17) is 4.74 Å². The fourth-order valence-electron chi connectivity index (χ4n) is 5.23. The van der Waals surface area contributed by atoms with Gasteiger partial charge in [-0.05, 0) is 76.1 Å². The number of ether oxygens (including phenoxy) is 1. The summed E-state index contributed by atoms with van der Waals surface area (Å²) in [5.74, 6) is 0.837. The van der Waals surface area contributed by atoms with Gasteiger partial charge in [0.2, 0.25) is 5.91 Å². The molecule has 1 atom stereocenters. The van der Waals surface area contributed by atoms with Crippen molar-refractivity contribution in [3.8, 4) is 0 Å². The highest BCUT2D eigenvalue weighted by Gasteiger charge is 2.36. The first-order valence-corrected chi connectivity index (χ1v) is 13.4. The summed E-state index contributed by atoms with van der Waals surface area (Å²) in [6.45, 7) is 10.7. The lowest BCUT2D eigenvalue weighted by atomic mass is 9.85. The van der Waals surface area contributed by atoms with E-state index in [0.29, 0.717) is 11.8 Å². The molecule has 1 N–H and O–H groups in total. The Balaban J connectivity index is 0.000000308. The van der Waals surface area contributed by atoms with Gasteiger partial charge in [0.1, 0.15) is 11.4 Å². The van der Waals surface area contributed by atoms with Gasteiger partial charge in [-0.3, -0.25) is 4.79 Å². The van der Waals surface area contributed by atoms with E-state index in [9.17, 15) is 14.0 Å². The standard InChI is InChI=1S/C22H29FN2O.C7H15NO2/c1-14(2)12-20-21-17(18-13-16(23)8-9-19(18)24-21)10-11-25(20)22(26)15-6-4-3-5-7-15;1-7(2,3)10-6(9)8(4)5/h8-9,13-15,20,24H,3-7,10-12H2,1-2H3;1-5H3. The van der Waals surface area contributed by atoms with Gasteiger partial charge in [0, 0.05) is 43.2 Å². The number of aromatic amines is 1. The molecule has 0 radical (unpaired) electrons. The summed E-state index contributed by atoms with van der Waals surface area (Å²) < 4.78 is 18.7. The van der Waals surface area contributed by atoms with Crippen LogP contribution in [0.2, 0.25) is 0 Å². The van der Waals surface area contributed by atoms with Crippen LogP contribution in [0, 0.1) is 17.7 Å². The third kappa shape index (κ3) is 7.01. The molecule has 0 bridgehead atoms. The number of amides is 2. The minimum absolute atomic E-state index is 0.0867. The predicted octanol–water partition coefficient (Wildman–Crippen LogP) is 6.84. The van der Waals surface area contributed by atoms with E-state index in [1.165, 1.54) is 35.8 Å². The van der Waals surface area contributed by atoms with Crippen LogP contribution in [0.5, 0.6) is 0 Å². The maximum absolute atomic E-state index is 13.8. The summed E-state index contributed by atoms with van der Waals surface area (Å²) in [5, 5.41) is 0.985. The molecule has 1 saturated carbocycles. The Kier molecular flexibility index (Phi) is 9.07. The predicted molar refractivity (Wildman–Crippen MR) is 142 cm³/mol. The number of halogens is 1. The normalized spacial score (nSPS) is 18.5. The molecule has 1 aliphatic carbocycles. The van der Waals surface area contributed by atoms with Gasteiger partial charge in [0.25, 0.3) is 0 Å². The first-order chi connectivity index (χ1) is 16.9. The molecule has 1 fully saturated rings. The van der Waals surface area contributed by atoms with Crippen molar-refractivity contribution < 1.29 is 18.7 Å². The number of hydrogen-bond donors (Lipinski definition) is 1. The van der Waals surface area contributed by atoms with Crippen LogP contribution in [0.3, 0.4) is 0 Å². The third-order valence-electron chi connectivity index (χ3n) is 6.90. The molecule has 6 nitrogen and oxygen atoms in total. The first-order valence-electron chi connectivity index (χ1n) is 13.4. The van der Waals surface area contributed by atoms with Crippen molar-refractivity contribution in [1.82, 2.24) is 14.8 Å². The highest BCUT2D eigenvalue weighted by molar-refractivity contribution is 5.86. The number of rotatable bonds is 3. The SMILES string of the molecule is CC(C)CC1c2[nH]c3ccc(F)cc3c2CCN1C(=O)C1CCCCC1.CN(C)C(=O)OC(C)(C)C. The summed E-state index contributed by atoms with van der Waals surface area (Å²) in [5.41, 5.74) is 2.94. The second-order valence-electron chi connectivity index (χ2n) is 11.8. The molecule has 2 aliphatic rings. The summed E-state index contributed by atoms with van der Waals surface area (Å²) in [7, 11) is 3.32. The van der Waals surface area contributed by atoms with Gasteiger partial charge in [-0.2, -0.15) is 0 Å². The molecule has 1 unspecified atom stereocenters. The molecule has 36 heavy (non-hydrogen) atoms. The lowest BCUT2D eigenvalue weighted by molar-refractivity contribution is -0.140. The minimum Gasteiger partial charge on any atom is -0.444 e. The molecule has 2 heterocycles. The minimum atomic E-state index is -0.388. The van der Waals surface area contributed by atoms with Gasteiger partial charge in [-0.1, -0.05) is 33.1 Å². The number of nitrogens with zero attached hydrogens (tertiary/aromatic N) is 2. The van der Waals surface area contributed by atoms with E-state index in [-0.39, 0.29) is 29.5 Å². The van der Waals surface area contributed by atoms with Gasteiger partial charge in [-0.15, -0.1) is 0 Å². The van der Waals surface area contributed by atoms with Crippen molar-refractivity contribution in [2.75, 3.05) is 20.6 Å². The molecule has 4 rings (SSSR count). The van der Waals surface area contributed by atoms with Crippen molar-refractivity contribution in [2.45, 2.75) is 91.2 Å². The van der Waals surface area contributed by atoms with Crippen LogP contribution >= 0.6 is 0 Å². The highest BCUT2D eigenvalue weighted by atomic mass is 19.1. The van der Waals surface area contributed by atoms with Gasteiger partial charge in [0.05, 0.1) is 6.04 Å². The number of aromatic nitrogens is 1. The number of H-pyrrole nitrogens is 1. The fraction of sp³-hybridized carbons (Fsp3) is 0.655. The average molecular weight is 502 g/mol. The fourth-order valence-corrected chi connectivity index (χ4v) is 5.23. The van der Waals surface area contributed by atoms with Crippen molar-refractivity contribution in [1.29, 1.82) is 0 Å². The Labute approximate surface area is 215 Å². The maximum Gasteiger partial charge on any atom is 0.409 e. The second kappa shape index (κ2) is 11.7. The Hall–Kier alpha value is -2.57. The lowest BCUT2D eigenvalue weighted by Gasteiger charge is -2.39. The van der Waals surface area contributed by atoms with Crippen LogP contribution in [0.1, 0.15) is 90.4 Å². The Morgan fingerprint density at radius 3 is 2.39 bits per heavy atom. The zero-order valence-electron chi connectivity index (χ0n) is 23.1. The molecular weight excluding hydrogens is 457 g/mol. The van der Waals surface area contributed by atoms with Gasteiger partial charge < -0.3 is 19.5 Å². The summed E-state index contributed by atoms with van der Waals surface area (Å²) in [6.07, 6.45) is 7.14. The molecule has 0 saturated heterocycles. The Morgan fingerprint density at radius 1 is 1.17 bits per heavy atom. The topological polar surface area (TPSA) is 65.6 Å². The van der Waals surface area contributed by atoms with Crippen LogP contribution in [0.15, 0.2) is 18.2 Å². The van der Waals surface area contributed by atoms with E-state index >= 15 is 0 Å². The molecule has 0 spiro atoms. The molecule has 7 heteroatoms. The summed E-state index contributed by atoms with van der Waals surface area (Å²) >= 11 is 0. The van der Waals surface area contributed by atoms with Crippen LogP contribution in [0.25, 0.3) is 10.9 Å². The van der Waals surface area contributed by atoms with Crippen LogP contribution in [0.4, 0.5) is 9.18 Å². The highest BCUT2D eigenvalue weighted by Crippen LogP contribution is 2.40. The number of hydrogen-bond acceptors (Lipinski definition) is 3. The molecule has 2 aromatic rings. The van der Waals surface area contributed by atoms with E-state index in [0.717, 1.165) is 48.8 Å². The molecule has 1 aliphatic heterocycles. The van der Waals surface area contributed by atoms with E-state index in [2.05, 4.69) is 23.7 Å². The number of carbonyl (C=O) groups is 2. The second-order valence-corrected chi connectivity index (χ2v) is 11.8. The van der Waals surface area contributed by atoms with Crippen molar-refractivity contribution in [3.63, 3.8) is 0 Å². The Morgan fingerprint density at radius 2 is 1.83 bits per heavy atom. The quantitative estimate of drug-likeness (QED) is 0.501. The summed E-state index contributed by atoms with van der Waals surface area (Å²) in [4.78, 5) is 31.2. The largest absolute Gasteiger partial charge is 0.444 e. The van der Waals surface area contributed by atoms with E-state index < -0.39 is 0 Å². The molecule has 2 amide bonds. The smallest absolute Gasteiger partial charge is 0.409 e. The zero-order chi connectivity index (χ0) is 26.6. The lowest BCUT2D eigenvalue weighted by Crippen LogP contribution is -2.44. The zero-order valence-corrected chi connectivity index (χ0v) is 23.1. The van der Waals surface area contributed by atoms with Gasteiger partial charge in [0.15, 0.2) is 0 Å². The van der Waals surface area contributed by atoms with Crippen LogP contribution in [-0.2, 0) is 16.0 Å². The van der Waals surface area contributed by atoms with E-state index in [1.807, 2.05) is 26.8 Å². The van der Waals surface area contributed by atoms with Crippen molar-refractivity contribution in [3.05, 3.63) is 35.3 Å². The average Bonchev–Trinajstić information content (AvgIpc) is 3.17. The van der Waals surface area contributed by atoms with Crippen LogP contribution < -0.4 is 0 Å². The van der Waals surface area contributed by atoms with Crippen molar-refractivity contribution in [2.24, 2.45) is 11.8 Å². The molecule has 1 aromatic carbocycles. The first kappa shape index (κ1) is 28.0. The van der Waals surface area contributed by atoms with Gasteiger partial charge in [-0.25, -0.2) is 9.18 Å². The Bertz CT molecular complexity index is 1050. The third-order valence-corrected chi connectivity index (χ3v) is 6.90. The molecule has 1 aromatic heterocycles. The number of benzene rings is 1. The maximum atomic E-state index is 13.8. The van der Waals surface area contributed by atoms with E-state index in [1.54, 1.807) is 20.2 Å². The number of fused-ring (bicyclic) bond motifs is 3. The molecule has 200 valence electrons. The monoisotopic (exact) mass is 501 g/mol. The number of nitrogens with one attached hydrogen (secondary N) is 1.